The van der Waals surface area contributed by atoms with Crippen molar-refractivity contribution in [1.29, 1.82) is 0 Å². The summed E-state index contributed by atoms with van der Waals surface area (Å²) in [5.41, 5.74) is 7.77. The number of nitrogens with two attached hydrogens (primary N) is 1. The van der Waals surface area contributed by atoms with E-state index in [4.69, 9.17) is 22.1 Å². The van der Waals surface area contributed by atoms with Crippen LogP contribution in [-0.2, 0) is 6.61 Å². The Bertz CT molecular complexity index is 542. The van der Waals surface area contributed by atoms with Gasteiger partial charge in [-0.25, -0.2) is 0 Å². The Hall–Kier alpha value is -1.33. The molecule has 0 atom stereocenters. The van der Waals surface area contributed by atoms with Crippen molar-refractivity contribution in [3.63, 3.8) is 0 Å². The molecule has 1 aromatic heterocycles. The zero-order chi connectivity index (χ0) is 12.4. The van der Waals surface area contributed by atoms with Crippen molar-refractivity contribution in [2.24, 2.45) is 0 Å². The number of aryl methyl sites for hydroxylation is 2. The molecule has 0 bridgehead atoms. The van der Waals surface area contributed by atoms with Crippen molar-refractivity contribution in [3.8, 4) is 5.75 Å². The van der Waals surface area contributed by atoms with Crippen molar-refractivity contribution < 1.29 is 4.74 Å². The summed E-state index contributed by atoms with van der Waals surface area (Å²) in [4.78, 5) is 0. The second-order valence-corrected chi connectivity index (χ2v) is 5.19. The van der Waals surface area contributed by atoms with Gasteiger partial charge < -0.3 is 10.5 Å². The number of nitrogens with zero attached hydrogens (tertiary/aromatic N) is 2. The van der Waals surface area contributed by atoms with Gasteiger partial charge >= 0.3 is 0 Å². The van der Waals surface area contributed by atoms with Crippen molar-refractivity contribution in [3.05, 3.63) is 33.3 Å². The van der Waals surface area contributed by atoms with Gasteiger partial charge in [0.25, 0.3) is 0 Å². The standard InChI is InChI=1S/C11H12ClN3OS/c1-6-3-8(12)9(4-7(6)2)16-5-10-14-15-11(13)17-10/h3-4H,5H2,1-2H3,(H2,13,15). The maximum absolute atomic E-state index is 6.09. The van der Waals surface area contributed by atoms with Crippen molar-refractivity contribution >= 4 is 28.1 Å². The Morgan fingerprint density at radius 2 is 2.00 bits per heavy atom. The van der Waals surface area contributed by atoms with Crippen molar-refractivity contribution in [2.45, 2.75) is 20.5 Å². The molecular weight excluding hydrogens is 258 g/mol. The van der Waals surface area contributed by atoms with E-state index in [-0.39, 0.29) is 0 Å². The first-order valence-electron chi connectivity index (χ1n) is 5.03. The Morgan fingerprint density at radius 1 is 1.29 bits per heavy atom. The van der Waals surface area contributed by atoms with Gasteiger partial charge in [-0.15, -0.1) is 10.2 Å². The first kappa shape index (κ1) is 12.1. The molecule has 0 saturated heterocycles. The van der Waals surface area contributed by atoms with Gasteiger partial charge in [0.05, 0.1) is 5.02 Å². The summed E-state index contributed by atoms with van der Waals surface area (Å²) >= 11 is 7.40. The van der Waals surface area contributed by atoms with Gasteiger partial charge in [-0.2, -0.15) is 0 Å². The first-order chi connectivity index (χ1) is 8.06. The minimum Gasteiger partial charge on any atom is -0.485 e. The van der Waals surface area contributed by atoms with Crippen LogP contribution in [0.1, 0.15) is 16.1 Å². The van der Waals surface area contributed by atoms with E-state index in [1.165, 1.54) is 11.3 Å². The van der Waals surface area contributed by atoms with Crippen LogP contribution in [0, 0.1) is 13.8 Å². The van der Waals surface area contributed by atoms with Crippen LogP contribution in [-0.4, -0.2) is 10.2 Å². The Labute approximate surface area is 108 Å². The largest absolute Gasteiger partial charge is 0.485 e. The molecule has 2 aromatic rings. The number of benzene rings is 1. The first-order valence-corrected chi connectivity index (χ1v) is 6.23. The number of hydrogen-bond acceptors (Lipinski definition) is 5. The van der Waals surface area contributed by atoms with Crippen molar-refractivity contribution in [2.75, 3.05) is 5.73 Å². The van der Waals surface area contributed by atoms with E-state index >= 15 is 0 Å². The summed E-state index contributed by atoms with van der Waals surface area (Å²) in [6, 6.07) is 3.81. The molecule has 0 saturated carbocycles. The Morgan fingerprint density at radius 3 is 2.65 bits per heavy atom. The van der Waals surface area contributed by atoms with E-state index in [9.17, 15) is 0 Å². The average molecular weight is 270 g/mol. The highest BCUT2D eigenvalue weighted by Gasteiger charge is 2.07. The van der Waals surface area contributed by atoms with Crippen LogP contribution in [0.25, 0.3) is 0 Å². The predicted molar refractivity (Wildman–Crippen MR) is 69.6 cm³/mol. The molecule has 1 heterocycles. The maximum atomic E-state index is 6.09. The third kappa shape index (κ3) is 2.87. The minimum atomic E-state index is 0.330. The van der Waals surface area contributed by atoms with Gasteiger partial charge in [-0.1, -0.05) is 22.9 Å². The van der Waals surface area contributed by atoms with E-state index in [2.05, 4.69) is 10.2 Å². The zero-order valence-corrected chi connectivity index (χ0v) is 11.1. The molecule has 4 nitrogen and oxygen atoms in total. The van der Waals surface area contributed by atoms with E-state index in [1.807, 2.05) is 26.0 Å². The molecule has 0 aliphatic rings. The predicted octanol–water partition coefficient (Wildman–Crippen LogP) is 2.97. The van der Waals surface area contributed by atoms with Crippen molar-refractivity contribution in [1.82, 2.24) is 10.2 Å². The number of nitrogen functional groups attached to an aromatic ring is 1. The smallest absolute Gasteiger partial charge is 0.203 e. The van der Waals surface area contributed by atoms with Crippen LogP contribution in [0.3, 0.4) is 0 Å². The molecular formula is C11H12ClN3OS. The molecule has 0 spiro atoms. The van der Waals surface area contributed by atoms with Gasteiger partial charge in [-0.05, 0) is 37.1 Å². The molecule has 1 aromatic carbocycles. The Balaban J connectivity index is 2.11. The lowest BCUT2D eigenvalue weighted by Crippen LogP contribution is -1.96. The zero-order valence-electron chi connectivity index (χ0n) is 9.53. The molecule has 17 heavy (non-hydrogen) atoms. The van der Waals surface area contributed by atoms with Crippen LogP contribution >= 0.6 is 22.9 Å². The van der Waals surface area contributed by atoms with E-state index in [0.717, 1.165) is 16.1 Å². The number of halogens is 1. The van der Waals surface area contributed by atoms with Crippen LogP contribution in [0.15, 0.2) is 12.1 Å². The van der Waals surface area contributed by atoms with Gasteiger partial charge in [-0.3, -0.25) is 0 Å². The maximum Gasteiger partial charge on any atom is 0.203 e. The highest BCUT2D eigenvalue weighted by molar-refractivity contribution is 7.15. The van der Waals surface area contributed by atoms with E-state index in [0.29, 0.717) is 22.5 Å². The second kappa shape index (κ2) is 4.89. The van der Waals surface area contributed by atoms with E-state index in [1.54, 1.807) is 0 Å². The van der Waals surface area contributed by atoms with Gasteiger partial charge in [0.15, 0.2) is 5.01 Å². The molecule has 2 rings (SSSR count). The molecule has 6 heteroatoms. The second-order valence-electron chi connectivity index (χ2n) is 3.69. The molecule has 2 N–H and O–H groups in total. The molecule has 0 aliphatic carbocycles. The fraction of sp³-hybridized carbons (Fsp3) is 0.273. The fourth-order valence-corrected chi connectivity index (χ4v) is 2.12. The molecule has 0 radical (unpaired) electrons. The van der Waals surface area contributed by atoms with E-state index < -0.39 is 0 Å². The summed E-state index contributed by atoms with van der Waals surface area (Å²) in [5, 5.41) is 9.37. The van der Waals surface area contributed by atoms with Crippen LogP contribution in [0.5, 0.6) is 5.75 Å². The van der Waals surface area contributed by atoms with Gasteiger partial charge in [0.1, 0.15) is 12.4 Å². The summed E-state index contributed by atoms with van der Waals surface area (Å²) in [5.74, 6) is 0.656. The summed E-state index contributed by atoms with van der Waals surface area (Å²) in [6.07, 6.45) is 0. The molecule has 0 amide bonds. The average Bonchev–Trinajstić information content (AvgIpc) is 2.68. The lowest BCUT2D eigenvalue weighted by Gasteiger charge is -2.09. The number of aromatic nitrogens is 2. The van der Waals surface area contributed by atoms with Crippen LogP contribution in [0.2, 0.25) is 5.02 Å². The lowest BCUT2D eigenvalue weighted by molar-refractivity contribution is 0.304. The lowest BCUT2D eigenvalue weighted by atomic mass is 10.1. The summed E-state index contributed by atoms with van der Waals surface area (Å²) in [6.45, 7) is 4.36. The fourth-order valence-electron chi connectivity index (χ4n) is 1.33. The quantitative estimate of drug-likeness (QED) is 0.931. The molecule has 90 valence electrons. The molecule has 0 aliphatic heterocycles. The number of hydrogen-bond donors (Lipinski definition) is 1. The van der Waals surface area contributed by atoms with Crippen LogP contribution < -0.4 is 10.5 Å². The summed E-state index contributed by atoms with van der Waals surface area (Å²) in [7, 11) is 0. The molecule has 0 unspecified atom stereocenters. The monoisotopic (exact) mass is 269 g/mol. The normalized spacial score (nSPS) is 10.5. The summed E-state index contributed by atoms with van der Waals surface area (Å²) < 4.78 is 5.59. The number of anilines is 1. The van der Waals surface area contributed by atoms with Gasteiger partial charge in [0, 0.05) is 0 Å². The third-order valence-corrected chi connectivity index (χ3v) is 3.40. The SMILES string of the molecule is Cc1cc(Cl)c(OCc2nnc(N)s2)cc1C. The number of rotatable bonds is 3. The number of ether oxygens (including phenoxy) is 1. The molecule has 0 fully saturated rings. The highest BCUT2D eigenvalue weighted by Crippen LogP contribution is 2.28. The topological polar surface area (TPSA) is 61.0 Å². The minimum absolute atomic E-state index is 0.330. The Kier molecular flexibility index (Phi) is 3.49. The third-order valence-electron chi connectivity index (χ3n) is 2.38. The highest BCUT2D eigenvalue weighted by atomic mass is 35.5. The van der Waals surface area contributed by atoms with Gasteiger partial charge in [0.2, 0.25) is 5.13 Å². The van der Waals surface area contributed by atoms with Crippen LogP contribution in [0.4, 0.5) is 5.13 Å².